The second kappa shape index (κ2) is 4.65. The maximum absolute atomic E-state index is 12.1. The molecular weight excluding hydrogens is 256 g/mol. The summed E-state index contributed by atoms with van der Waals surface area (Å²) in [5.41, 5.74) is 1.04. The molecule has 2 heterocycles. The lowest BCUT2D eigenvalue weighted by Crippen LogP contribution is -2.14. The zero-order chi connectivity index (χ0) is 13.2. The Morgan fingerprint density at radius 1 is 1.39 bits per heavy atom. The fourth-order valence-corrected chi connectivity index (χ4v) is 2.53. The van der Waals surface area contributed by atoms with Crippen LogP contribution >= 0.6 is 0 Å². The molecule has 2 rings (SSSR count). The lowest BCUT2D eigenvalue weighted by Gasteiger charge is -2.08. The first-order chi connectivity index (χ1) is 8.53. The number of hydrogen-bond donors (Lipinski definition) is 2. The third-order valence-electron chi connectivity index (χ3n) is 2.21. The summed E-state index contributed by atoms with van der Waals surface area (Å²) >= 11 is 0. The molecule has 0 aromatic carbocycles. The molecule has 0 amide bonds. The number of pyridine rings is 1. The molecule has 96 valence electrons. The van der Waals surface area contributed by atoms with Crippen molar-refractivity contribution in [3.8, 4) is 0 Å². The van der Waals surface area contributed by atoms with Gasteiger partial charge in [-0.05, 0) is 13.0 Å². The van der Waals surface area contributed by atoms with Gasteiger partial charge in [-0.3, -0.25) is 4.98 Å². The Kier molecular flexibility index (Phi) is 3.19. The minimum Gasteiger partial charge on any atom is -0.387 e. The molecule has 0 aliphatic rings. The molecule has 8 heteroatoms. The molecule has 0 aliphatic carbocycles. The van der Waals surface area contributed by atoms with Crippen LogP contribution in [0, 0.1) is 6.92 Å². The van der Waals surface area contributed by atoms with Crippen molar-refractivity contribution in [1.82, 2.24) is 10.1 Å². The molecule has 2 aromatic rings. The molecular formula is C10H12N4O3S. The monoisotopic (exact) mass is 268 g/mol. The van der Waals surface area contributed by atoms with Gasteiger partial charge in [0.15, 0.2) is 0 Å². The van der Waals surface area contributed by atoms with Gasteiger partial charge >= 0.3 is 0 Å². The van der Waals surface area contributed by atoms with Crippen molar-refractivity contribution in [1.29, 1.82) is 0 Å². The Labute approximate surface area is 104 Å². The van der Waals surface area contributed by atoms with Crippen molar-refractivity contribution in [2.24, 2.45) is 0 Å². The SMILES string of the molecule is CNc1ccncc1S(=O)(=O)Nc1cc(C)no1. The van der Waals surface area contributed by atoms with Crippen LogP contribution in [0.25, 0.3) is 0 Å². The van der Waals surface area contributed by atoms with Crippen LogP contribution in [0.4, 0.5) is 11.6 Å². The van der Waals surface area contributed by atoms with Crippen LogP contribution in [0.15, 0.2) is 33.9 Å². The zero-order valence-electron chi connectivity index (χ0n) is 9.84. The first kappa shape index (κ1) is 12.4. The van der Waals surface area contributed by atoms with Crippen LogP contribution in [0.2, 0.25) is 0 Å². The van der Waals surface area contributed by atoms with Crippen molar-refractivity contribution in [3.05, 3.63) is 30.2 Å². The summed E-state index contributed by atoms with van der Waals surface area (Å²) in [5, 5.41) is 6.39. The van der Waals surface area contributed by atoms with Crippen LogP contribution in [0.5, 0.6) is 0 Å². The fourth-order valence-electron chi connectivity index (χ4n) is 1.40. The van der Waals surface area contributed by atoms with E-state index in [-0.39, 0.29) is 10.8 Å². The van der Waals surface area contributed by atoms with Gasteiger partial charge in [0.1, 0.15) is 4.90 Å². The summed E-state index contributed by atoms with van der Waals surface area (Å²) < 4.78 is 31.3. The van der Waals surface area contributed by atoms with Crippen LogP contribution < -0.4 is 10.0 Å². The van der Waals surface area contributed by atoms with Gasteiger partial charge in [0, 0.05) is 25.5 Å². The second-order valence-corrected chi connectivity index (χ2v) is 5.21. The Balaban J connectivity index is 2.36. The van der Waals surface area contributed by atoms with Crippen LogP contribution in [0.3, 0.4) is 0 Å². The average Bonchev–Trinajstić information content (AvgIpc) is 2.74. The van der Waals surface area contributed by atoms with E-state index in [0.717, 1.165) is 0 Å². The van der Waals surface area contributed by atoms with Gasteiger partial charge < -0.3 is 9.84 Å². The van der Waals surface area contributed by atoms with Gasteiger partial charge in [-0.25, -0.2) is 13.1 Å². The maximum Gasteiger partial charge on any atom is 0.267 e. The van der Waals surface area contributed by atoms with E-state index in [4.69, 9.17) is 4.52 Å². The molecule has 2 aromatic heterocycles. The van der Waals surface area contributed by atoms with Gasteiger partial charge in [-0.1, -0.05) is 5.16 Å². The number of aromatic nitrogens is 2. The van der Waals surface area contributed by atoms with E-state index in [0.29, 0.717) is 11.4 Å². The fraction of sp³-hybridized carbons (Fsp3) is 0.200. The quantitative estimate of drug-likeness (QED) is 0.865. The maximum atomic E-state index is 12.1. The predicted octanol–water partition coefficient (Wildman–Crippen LogP) is 1.22. The van der Waals surface area contributed by atoms with E-state index in [1.54, 1.807) is 20.0 Å². The van der Waals surface area contributed by atoms with Gasteiger partial charge in [0.2, 0.25) is 5.88 Å². The first-order valence-corrected chi connectivity index (χ1v) is 6.59. The van der Waals surface area contributed by atoms with Crippen molar-refractivity contribution < 1.29 is 12.9 Å². The standard InChI is InChI=1S/C10H12N4O3S/c1-7-5-10(17-13-7)14-18(15,16)9-6-12-4-3-8(9)11-2/h3-6,14H,1-2H3,(H,11,12). The highest BCUT2D eigenvalue weighted by molar-refractivity contribution is 7.92. The Morgan fingerprint density at radius 3 is 2.78 bits per heavy atom. The van der Waals surface area contributed by atoms with E-state index in [9.17, 15) is 8.42 Å². The Hall–Kier alpha value is -2.09. The molecule has 0 aliphatic heterocycles. The first-order valence-electron chi connectivity index (χ1n) is 5.11. The molecule has 0 fully saturated rings. The highest BCUT2D eigenvalue weighted by Gasteiger charge is 2.20. The summed E-state index contributed by atoms with van der Waals surface area (Å²) in [6.45, 7) is 1.70. The van der Waals surface area contributed by atoms with Gasteiger partial charge in [-0.2, -0.15) is 0 Å². The second-order valence-electron chi connectivity index (χ2n) is 3.56. The molecule has 0 radical (unpaired) electrons. The van der Waals surface area contributed by atoms with Gasteiger partial charge in [-0.15, -0.1) is 0 Å². The summed E-state index contributed by atoms with van der Waals surface area (Å²) in [5.74, 6) is 0.0680. The number of hydrogen-bond acceptors (Lipinski definition) is 6. The van der Waals surface area contributed by atoms with Gasteiger partial charge in [0.25, 0.3) is 10.0 Å². The number of anilines is 2. The van der Waals surface area contributed by atoms with E-state index in [1.807, 2.05) is 0 Å². The van der Waals surface area contributed by atoms with E-state index >= 15 is 0 Å². The van der Waals surface area contributed by atoms with Crippen molar-refractivity contribution >= 4 is 21.6 Å². The Bertz CT molecular complexity index is 651. The summed E-state index contributed by atoms with van der Waals surface area (Å²) in [4.78, 5) is 3.84. The topological polar surface area (TPSA) is 97.1 Å². The number of aryl methyl sites for hydroxylation is 1. The molecule has 18 heavy (non-hydrogen) atoms. The summed E-state index contributed by atoms with van der Waals surface area (Å²) in [7, 11) is -2.12. The lowest BCUT2D eigenvalue weighted by molar-refractivity contribution is 0.430. The van der Waals surface area contributed by atoms with E-state index < -0.39 is 10.0 Å². The van der Waals surface area contributed by atoms with Crippen molar-refractivity contribution in [3.63, 3.8) is 0 Å². The molecule has 0 unspecified atom stereocenters. The minimum absolute atomic E-state index is 0.0431. The van der Waals surface area contributed by atoms with E-state index in [2.05, 4.69) is 20.2 Å². The molecule has 7 nitrogen and oxygen atoms in total. The molecule has 0 atom stereocenters. The number of nitrogens with one attached hydrogen (secondary N) is 2. The summed E-state index contributed by atoms with van der Waals surface area (Å²) in [6, 6.07) is 3.06. The van der Waals surface area contributed by atoms with Crippen LogP contribution in [0.1, 0.15) is 5.69 Å². The lowest BCUT2D eigenvalue weighted by atomic mass is 10.4. The smallest absolute Gasteiger partial charge is 0.267 e. The number of rotatable bonds is 4. The number of sulfonamides is 1. The third kappa shape index (κ3) is 2.43. The van der Waals surface area contributed by atoms with Crippen molar-refractivity contribution in [2.45, 2.75) is 11.8 Å². The molecule has 0 spiro atoms. The van der Waals surface area contributed by atoms with Crippen molar-refractivity contribution in [2.75, 3.05) is 17.1 Å². The Morgan fingerprint density at radius 2 is 2.17 bits per heavy atom. The highest BCUT2D eigenvalue weighted by Crippen LogP contribution is 2.22. The third-order valence-corrected chi connectivity index (χ3v) is 3.58. The predicted molar refractivity (Wildman–Crippen MR) is 65.8 cm³/mol. The van der Waals surface area contributed by atoms with E-state index in [1.165, 1.54) is 18.5 Å². The molecule has 0 saturated carbocycles. The molecule has 2 N–H and O–H groups in total. The highest BCUT2D eigenvalue weighted by atomic mass is 32.2. The average molecular weight is 268 g/mol. The normalized spacial score (nSPS) is 11.2. The van der Waals surface area contributed by atoms with Crippen LogP contribution in [-0.4, -0.2) is 25.6 Å². The molecule has 0 bridgehead atoms. The largest absolute Gasteiger partial charge is 0.387 e. The van der Waals surface area contributed by atoms with Crippen LogP contribution in [-0.2, 0) is 10.0 Å². The minimum atomic E-state index is -3.75. The number of nitrogens with zero attached hydrogens (tertiary/aromatic N) is 2. The summed E-state index contributed by atoms with van der Waals surface area (Å²) in [6.07, 6.45) is 2.76. The molecule has 0 saturated heterocycles. The van der Waals surface area contributed by atoms with Gasteiger partial charge in [0.05, 0.1) is 11.4 Å². The zero-order valence-corrected chi connectivity index (χ0v) is 10.7.